The van der Waals surface area contributed by atoms with Crippen molar-refractivity contribution in [1.82, 2.24) is 4.72 Å². The Morgan fingerprint density at radius 3 is 2.52 bits per heavy atom. The van der Waals surface area contributed by atoms with Crippen molar-refractivity contribution in [2.45, 2.75) is 50.5 Å². The van der Waals surface area contributed by atoms with E-state index in [1.807, 2.05) is 6.07 Å². The molecule has 1 aliphatic rings. The average Bonchev–Trinajstić information content (AvgIpc) is 2.49. The summed E-state index contributed by atoms with van der Waals surface area (Å²) in [4.78, 5) is 0.310. The van der Waals surface area contributed by atoms with Gasteiger partial charge in [0.1, 0.15) is 0 Å². The topological polar surface area (TPSA) is 72.2 Å². The molecule has 0 spiro atoms. The summed E-state index contributed by atoms with van der Waals surface area (Å²) >= 11 is 0. The van der Waals surface area contributed by atoms with E-state index in [1.54, 1.807) is 18.2 Å². The molecule has 1 saturated carbocycles. The molecule has 1 aromatic rings. The van der Waals surface area contributed by atoms with Crippen molar-refractivity contribution < 1.29 is 8.42 Å². The maximum Gasteiger partial charge on any atom is 0.240 e. The summed E-state index contributed by atoms with van der Waals surface area (Å²) in [5.41, 5.74) is 6.28. The molecule has 1 aliphatic carbocycles. The van der Waals surface area contributed by atoms with Crippen molar-refractivity contribution >= 4 is 10.0 Å². The fraction of sp³-hybridized carbons (Fsp3) is 0.625. The molecule has 21 heavy (non-hydrogen) atoms. The summed E-state index contributed by atoms with van der Waals surface area (Å²) in [5, 5.41) is 0. The summed E-state index contributed by atoms with van der Waals surface area (Å²) in [6.45, 7) is 3.04. The molecule has 0 amide bonds. The largest absolute Gasteiger partial charge is 0.326 e. The SMILES string of the molecule is CC1CCC(CCNS(=O)(=O)c2ccccc2CN)CC1. The Labute approximate surface area is 128 Å². The lowest BCUT2D eigenvalue weighted by Gasteiger charge is -2.26. The third-order valence-electron chi connectivity index (χ3n) is 4.46. The summed E-state index contributed by atoms with van der Waals surface area (Å²) in [6, 6.07) is 6.92. The van der Waals surface area contributed by atoms with Crippen molar-refractivity contribution in [2.24, 2.45) is 17.6 Å². The van der Waals surface area contributed by atoms with Crippen LogP contribution in [-0.2, 0) is 16.6 Å². The monoisotopic (exact) mass is 310 g/mol. The Kier molecular flexibility index (Phi) is 5.79. The van der Waals surface area contributed by atoms with Gasteiger partial charge < -0.3 is 5.73 Å². The van der Waals surface area contributed by atoms with Crippen LogP contribution in [-0.4, -0.2) is 15.0 Å². The highest BCUT2D eigenvalue weighted by Gasteiger charge is 2.20. The van der Waals surface area contributed by atoms with Crippen molar-refractivity contribution in [3.05, 3.63) is 29.8 Å². The molecule has 1 aromatic carbocycles. The summed E-state index contributed by atoms with van der Waals surface area (Å²) in [5.74, 6) is 1.49. The van der Waals surface area contributed by atoms with Crippen molar-refractivity contribution in [2.75, 3.05) is 6.54 Å². The van der Waals surface area contributed by atoms with Gasteiger partial charge in [0.2, 0.25) is 10.0 Å². The lowest BCUT2D eigenvalue weighted by atomic mass is 9.81. The number of hydrogen-bond acceptors (Lipinski definition) is 3. The van der Waals surface area contributed by atoms with Gasteiger partial charge in [-0.15, -0.1) is 0 Å². The second-order valence-corrected chi connectivity index (χ2v) is 7.86. The van der Waals surface area contributed by atoms with Gasteiger partial charge in [-0.2, -0.15) is 0 Å². The molecule has 0 bridgehead atoms. The molecule has 3 N–H and O–H groups in total. The Bertz CT molecular complexity index is 549. The van der Waals surface area contributed by atoms with Gasteiger partial charge in [0.15, 0.2) is 0 Å². The van der Waals surface area contributed by atoms with Crippen molar-refractivity contribution in [3.63, 3.8) is 0 Å². The van der Waals surface area contributed by atoms with Gasteiger partial charge in [-0.25, -0.2) is 13.1 Å². The van der Waals surface area contributed by atoms with E-state index in [4.69, 9.17) is 5.73 Å². The first kappa shape index (κ1) is 16.5. The van der Waals surface area contributed by atoms with Crippen LogP contribution in [0.15, 0.2) is 29.2 Å². The summed E-state index contributed by atoms with van der Waals surface area (Å²) < 4.78 is 27.4. The van der Waals surface area contributed by atoms with Crippen LogP contribution >= 0.6 is 0 Å². The second-order valence-electron chi connectivity index (χ2n) is 6.12. The molecule has 0 heterocycles. The number of nitrogens with two attached hydrogens (primary N) is 1. The molecular formula is C16H26N2O2S. The summed E-state index contributed by atoms with van der Waals surface area (Å²) in [7, 11) is -3.44. The standard InChI is InChI=1S/C16H26N2O2S/c1-13-6-8-14(9-7-13)10-11-18-21(19,20)16-5-3-2-4-15(16)12-17/h2-5,13-14,18H,6-12,17H2,1H3. The molecule has 0 aliphatic heterocycles. The number of rotatable bonds is 6. The zero-order valence-electron chi connectivity index (χ0n) is 12.7. The average molecular weight is 310 g/mol. The lowest BCUT2D eigenvalue weighted by molar-refractivity contribution is 0.278. The van der Waals surface area contributed by atoms with Crippen LogP contribution < -0.4 is 10.5 Å². The molecule has 0 atom stereocenters. The van der Waals surface area contributed by atoms with Gasteiger partial charge >= 0.3 is 0 Å². The molecule has 0 aromatic heterocycles. The maximum atomic E-state index is 12.3. The van der Waals surface area contributed by atoms with Gasteiger partial charge in [0, 0.05) is 13.1 Å². The fourth-order valence-corrected chi connectivity index (χ4v) is 4.32. The first-order valence-corrected chi connectivity index (χ1v) is 9.29. The predicted molar refractivity (Wildman–Crippen MR) is 85.3 cm³/mol. The maximum absolute atomic E-state index is 12.3. The van der Waals surface area contributed by atoms with E-state index >= 15 is 0 Å². The molecule has 118 valence electrons. The number of benzene rings is 1. The highest BCUT2D eigenvalue weighted by Crippen LogP contribution is 2.30. The molecule has 0 radical (unpaired) electrons. The van der Waals surface area contributed by atoms with E-state index < -0.39 is 10.0 Å². The highest BCUT2D eigenvalue weighted by atomic mass is 32.2. The Balaban J connectivity index is 1.89. The van der Waals surface area contributed by atoms with E-state index in [-0.39, 0.29) is 6.54 Å². The zero-order chi connectivity index (χ0) is 15.3. The van der Waals surface area contributed by atoms with Crippen molar-refractivity contribution in [1.29, 1.82) is 0 Å². The van der Waals surface area contributed by atoms with Gasteiger partial charge in [0.25, 0.3) is 0 Å². The van der Waals surface area contributed by atoms with Crippen LogP contribution in [0.4, 0.5) is 0 Å². The third-order valence-corrected chi connectivity index (χ3v) is 6.02. The van der Waals surface area contributed by atoms with Gasteiger partial charge in [-0.05, 0) is 29.9 Å². The normalized spacial score (nSPS) is 23.1. The molecular weight excluding hydrogens is 284 g/mol. The zero-order valence-corrected chi connectivity index (χ0v) is 13.5. The van der Waals surface area contributed by atoms with Gasteiger partial charge in [0.05, 0.1) is 4.90 Å². The molecule has 1 fully saturated rings. The number of nitrogens with one attached hydrogen (secondary N) is 1. The molecule has 5 heteroatoms. The fourth-order valence-electron chi connectivity index (χ4n) is 3.03. The Hall–Kier alpha value is -0.910. The van der Waals surface area contributed by atoms with E-state index in [0.717, 1.165) is 12.3 Å². The molecule has 0 unspecified atom stereocenters. The van der Waals surface area contributed by atoms with Gasteiger partial charge in [-0.1, -0.05) is 50.8 Å². The quantitative estimate of drug-likeness (QED) is 0.848. The van der Waals surface area contributed by atoms with Crippen LogP contribution in [0.5, 0.6) is 0 Å². The minimum atomic E-state index is -3.44. The molecule has 4 nitrogen and oxygen atoms in total. The van der Waals surface area contributed by atoms with Crippen LogP contribution in [0.25, 0.3) is 0 Å². The van der Waals surface area contributed by atoms with E-state index in [2.05, 4.69) is 11.6 Å². The predicted octanol–water partition coefficient (Wildman–Crippen LogP) is 2.64. The van der Waals surface area contributed by atoms with E-state index in [1.165, 1.54) is 25.7 Å². The lowest BCUT2D eigenvalue weighted by Crippen LogP contribution is -2.28. The van der Waals surface area contributed by atoms with Crippen molar-refractivity contribution in [3.8, 4) is 0 Å². The first-order chi connectivity index (χ1) is 10.0. The first-order valence-electron chi connectivity index (χ1n) is 7.80. The highest BCUT2D eigenvalue weighted by molar-refractivity contribution is 7.89. The van der Waals surface area contributed by atoms with Crippen LogP contribution in [0, 0.1) is 11.8 Å². The molecule has 2 rings (SSSR count). The minimum Gasteiger partial charge on any atom is -0.326 e. The Morgan fingerprint density at radius 2 is 1.86 bits per heavy atom. The smallest absolute Gasteiger partial charge is 0.240 e. The van der Waals surface area contributed by atoms with Crippen LogP contribution in [0.2, 0.25) is 0 Å². The second kappa shape index (κ2) is 7.38. The van der Waals surface area contributed by atoms with Crippen LogP contribution in [0.3, 0.4) is 0 Å². The van der Waals surface area contributed by atoms with E-state index in [0.29, 0.717) is 22.9 Å². The number of sulfonamides is 1. The van der Waals surface area contributed by atoms with Gasteiger partial charge in [-0.3, -0.25) is 0 Å². The summed E-state index contributed by atoms with van der Waals surface area (Å²) in [6.07, 6.45) is 5.92. The number of hydrogen-bond donors (Lipinski definition) is 2. The van der Waals surface area contributed by atoms with E-state index in [9.17, 15) is 8.42 Å². The minimum absolute atomic E-state index is 0.234. The molecule has 0 saturated heterocycles. The van der Waals surface area contributed by atoms with Crippen LogP contribution in [0.1, 0.15) is 44.6 Å². The third kappa shape index (κ3) is 4.53. The Morgan fingerprint density at radius 1 is 1.19 bits per heavy atom.